The summed E-state index contributed by atoms with van der Waals surface area (Å²) in [4.78, 5) is 0. The Morgan fingerprint density at radius 3 is 2.38 bits per heavy atom. The van der Waals surface area contributed by atoms with Gasteiger partial charge in [-0.25, -0.2) is 0 Å². The van der Waals surface area contributed by atoms with Crippen LogP contribution in [0.4, 0.5) is 0 Å². The Morgan fingerprint density at radius 2 is 1.62 bits per heavy atom. The second-order valence-electron chi connectivity index (χ2n) is 10.4. The van der Waals surface area contributed by atoms with E-state index in [2.05, 4.69) is 19.0 Å². The Kier molecular flexibility index (Phi) is 3.84. The summed E-state index contributed by atoms with van der Waals surface area (Å²) in [5, 5.41) is 23.0. The van der Waals surface area contributed by atoms with E-state index in [1.165, 1.54) is 44.9 Å². The molecule has 3 nitrogen and oxygen atoms in total. The van der Waals surface area contributed by atoms with Crippen molar-refractivity contribution in [1.82, 2.24) is 0 Å². The van der Waals surface area contributed by atoms with Gasteiger partial charge in [0.2, 0.25) is 0 Å². The highest BCUT2D eigenvalue weighted by Crippen LogP contribution is 2.67. The lowest BCUT2D eigenvalue weighted by molar-refractivity contribution is -0.143. The van der Waals surface area contributed by atoms with Gasteiger partial charge in [0, 0.05) is 12.1 Å². The summed E-state index contributed by atoms with van der Waals surface area (Å²) in [6.45, 7) is 7.06. The third kappa shape index (κ3) is 2.29. The van der Waals surface area contributed by atoms with Crippen LogP contribution in [0.5, 0.6) is 0 Å². The molecule has 4 aliphatic carbocycles. The van der Waals surface area contributed by atoms with Crippen LogP contribution in [0.2, 0.25) is 0 Å². The van der Waals surface area contributed by atoms with Crippen LogP contribution in [0, 0.1) is 40.4 Å². The van der Waals surface area contributed by atoms with Crippen molar-refractivity contribution in [2.45, 2.75) is 84.2 Å². The van der Waals surface area contributed by atoms with Crippen molar-refractivity contribution in [3.8, 4) is 0 Å². The second-order valence-corrected chi connectivity index (χ2v) is 10.4. The highest BCUT2D eigenvalue weighted by atomic mass is 16.4. The molecule has 8 atom stereocenters. The van der Waals surface area contributed by atoms with Crippen LogP contribution in [-0.4, -0.2) is 22.1 Å². The fourth-order valence-corrected chi connectivity index (χ4v) is 7.80. The molecule has 0 aromatic rings. The number of rotatable bonds is 1. The van der Waals surface area contributed by atoms with Gasteiger partial charge in [0.15, 0.2) is 0 Å². The molecular formula is C21H35NO2. The first-order valence-electron chi connectivity index (χ1n) is 10.2. The highest BCUT2D eigenvalue weighted by Gasteiger charge is 2.60. The summed E-state index contributed by atoms with van der Waals surface area (Å²) in [5.74, 6) is 3.67. The zero-order valence-corrected chi connectivity index (χ0v) is 15.7. The number of fused-ring (bicyclic) bond motifs is 5. The first kappa shape index (κ1) is 16.9. The molecule has 0 aliphatic heterocycles. The summed E-state index contributed by atoms with van der Waals surface area (Å²) in [6, 6.07) is 0. The Hall–Kier alpha value is -0.570. The first-order valence-corrected chi connectivity index (χ1v) is 10.2. The van der Waals surface area contributed by atoms with Gasteiger partial charge in [-0.15, -0.1) is 5.16 Å². The minimum atomic E-state index is -0.434. The summed E-state index contributed by atoms with van der Waals surface area (Å²) in [6.07, 6.45) is 12.8. The third-order valence-electron chi connectivity index (χ3n) is 9.27. The Morgan fingerprint density at radius 1 is 0.875 bits per heavy atom. The lowest BCUT2D eigenvalue weighted by atomic mass is 9.44. The maximum absolute atomic E-state index is 10.6. The standard InChI is InChI=1S/C21H35NO2/c1-19(23)10-11-21(3)14(12-19)4-6-16-17-7-5-15(13-22-24)20(17,2)9-8-18(16)21/h13-18,23-24H,4-12H2,1-3H3/b22-13+/t14?,15-,16?,17?,18?,19-,20-,21+/m1/s1. The summed E-state index contributed by atoms with van der Waals surface area (Å²) in [5.41, 5.74) is 0.350. The lowest BCUT2D eigenvalue weighted by Crippen LogP contribution is -2.55. The molecule has 0 spiro atoms. The van der Waals surface area contributed by atoms with E-state index in [0.29, 0.717) is 22.7 Å². The van der Waals surface area contributed by atoms with E-state index in [-0.39, 0.29) is 0 Å². The zero-order chi connectivity index (χ0) is 17.2. The van der Waals surface area contributed by atoms with Crippen LogP contribution in [0.25, 0.3) is 0 Å². The Balaban J connectivity index is 1.60. The van der Waals surface area contributed by atoms with E-state index in [4.69, 9.17) is 5.21 Å². The minimum Gasteiger partial charge on any atom is -0.411 e. The van der Waals surface area contributed by atoms with Crippen LogP contribution < -0.4 is 0 Å². The van der Waals surface area contributed by atoms with Crippen molar-refractivity contribution in [2.24, 2.45) is 45.6 Å². The fraction of sp³-hybridized carbons (Fsp3) is 0.952. The monoisotopic (exact) mass is 333 g/mol. The molecular weight excluding hydrogens is 298 g/mol. The maximum atomic E-state index is 10.6. The Labute approximate surface area is 146 Å². The van der Waals surface area contributed by atoms with E-state index in [0.717, 1.165) is 30.6 Å². The van der Waals surface area contributed by atoms with Crippen molar-refractivity contribution in [3.05, 3.63) is 0 Å². The molecule has 4 unspecified atom stereocenters. The van der Waals surface area contributed by atoms with Gasteiger partial charge < -0.3 is 10.3 Å². The van der Waals surface area contributed by atoms with Crippen molar-refractivity contribution < 1.29 is 10.3 Å². The van der Waals surface area contributed by atoms with E-state index in [9.17, 15) is 5.11 Å². The lowest BCUT2D eigenvalue weighted by Gasteiger charge is -2.61. The third-order valence-corrected chi connectivity index (χ3v) is 9.27. The van der Waals surface area contributed by atoms with Crippen molar-refractivity contribution in [2.75, 3.05) is 0 Å². The molecule has 0 saturated heterocycles. The molecule has 2 N–H and O–H groups in total. The normalized spacial score (nSPS) is 57.4. The molecule has 0 aromatic carbocycles. The van der Waals surface area contributed by atoms with Crippen LogP contribution >= 0.6 is 0 Å². The van der Waals surface area contributed by atoms with E-state index in [1.807, 2.05) is 13.1 Å². The average Bonchev–Trinajstić information content (AvgIpc) is 2.85. The van der Waals surface area contributed by atoms with Crippen molar-refractivity contribution in [1.29, 1.82) is 0 Å². The van der Waals surface area contributed by atoms with Crippen LogP contribution in [0.15, 0.2) is 5.16 Å². The molecule has 24 heavy (non-hydrogen) atoms. The molecule has 4 aliphatic rings. The maximum Gasteiger partial charge on any atom is 0.0622 e. The molecule has 0 radical (unpaired) electrons. The molecule has 0 aromatic heterocycles. The molecule has 0 bridgehead atoms. The van der Waals surface area contributed by atoms with Gasteiger partial charge in [-0.1, -0.05) is 13.8 Å². The number of hydrogen-bond acceptors (Lipinski definition) is 3. The molecule has 3 heteroatoms. The van der Waals surface area contributed by atoms with Gasteiger partial charge in [0.05, 0.1) is 5.60 Å². The van der Waals surface area contributed by atoms with Gasteiger partial charge in [0.25, 0.3) is 0 Å². The zero-order valence-electron chi connectivity index (χ0n) is 15.7. The van der Waals surface area contributed by atoms with Gasteiger partial charge in [-0.2, -0.15) is 0 Å². The number of oxime groups is 1. The molecule has 136 valence electrons. The van der Waals surface area contributed by atoms with Crippen molar-refractivity contribution in [3.63, 3.8) is 0 Å². The summed E-state index contributed by atoms with van der Waals surface area (Å²) >= 11 is 0. The molecule has 0 amide bonds. The topological polar surface area (TPSA) is 52.8 Å². The Bertz CT molecular complexity index is 530. The summed E-state index contributed by atoms with van der Waals surface area (Å²) < 4.78 is 0. The average molecular weight is 334 g/mol. The first-order chi connectivity index (χ1) is 11.3. The van der Waals surface area contributed by atoms with Crippen LogP contribution in [0.1, 0.15) is 78.6 Å². The molecule has 4 fully saturated rings. The van der Waals surface area contributed by atoms with Crippen molar-refractivity contribution >= 4 is 6.21 Å². The molecule has 4 rings (SSSR count). The predicted octanol–water partition coefficient (Wildman–Crippen LogP) is 4.86. The quantitative estimate of drug-likeness (QED) is 0.409. The van der Waals surface area contributed by atoms with E-state index >= 15 is 0 Å². The highest BCUT2D eigenvalue weighted by molar-refractivity contribution is 5.62. The van der Waals surface area contributed by atoms with E-state index < -0.39 is 5.60 Å². The number of aliphatic hydroxyl groups is 1. The van der Waals surface area contributed by atoms with Crippen LogP contribution in [-0.2, 0) is 0 Å². The SMILES string of the molecule is C[C@@]1(O)CC[C@@]2(C)C(CCC3C2CC[C@@]2(C)C3CC[C@@H]2/C=N/O)C1. The van der Waals surface area contributed by atoms with Gasteiger partial charge in [0.1, 0.15) is 0 Å². The predicted molar refractivity (Wildman–Crippen MR) is 96.1 cm³/mol. The second kappa shape index (κ2) is 5.46. The number of hydrogen-bond donors (Lipinski definition) is 2. The fourth-order valence-electron chi connectivity index (χ4n) is 7.80. The largest absolute Gasteiger partial charge is 0.411 e. The smallest absolute Gasteiger partial charge is 0.0622 e. The molecule has 4 saturated carbocycles. The van der Waals surface area contributed by atoms with Crippen LogP contribution in [0.3, 0.4) is 0 Å². The molecule has 0 heterocycles. The van der Waals surface area contributed by atoms with Gasteiger partial charge in [-0.05, 0) is 99.2 Å². The number of nitrogens with zero attached hydrogens (tertiary/aromatic N) is 1. The van der Waals surface area contributed by atoms with Gasteiger partial charge >= 0.3 is 0 Å². The minimum absolute atomic E-state index is 0.344. The van der Waals surface area contributed by atoms with E-state index in [1.54, 1.807) is 0 Å². The van der Waals surface area contributed by atoms with Gasteiger partial charge in [-0.3, -0.25) is 0 Å². The summed E-state index contributed by atoms with van der Waals surface area (Å²) in [7, 11) is 0.